The van der Waals surface area contributed by atoms with Crippen LogP contribution in [0.5, 0.6) is 0 Å². The summed E-state index contributed by atoms with van der Waals surface area (Å²) in [6.07, 6.45) is 3.84. The van der Waals surface area contributed by atoms with Gasteiger partial charge in [0.2, 0.25) is 0 Å². The van der Waals surface area contributed by atoms with Gasteiger partial charge >= 0.3 is 0 Å². The lowest BCUT2D eigenvalue weighted by molar-refractivity contribution is 0.576. The van der Waals surface area contributed by atoms with Gasteiger partial charge < -0.3 is 4.57 Å². The van der Waals surface area contributed by atoms with Crippen LogP contribution in [-0.2, 0) is 13.0 Å². The van der Waals surface area contributed by atoms with Gasteiger partial charge in [-0.3, -0.25) is 4.98 Å². The summed E-state index contributed by atoms with van der Waals surface area (Å²) in [5.41, 5.74) is 1.82. The molecule has 0 unspecified atom stereocenters. The van der Waals surface area contributed by atoms with Crippen LogP contribution < -0.4 is 0 Å². The highest BCUT2D eigenvalue weighted by atomic mass is 35.5. The van der Waals surface area contributed by atoms with Crippen LogP contribution in [0.4, 0.5) is 8.78 Å². The van der Waals surface area contributed by atoms with Gasteiger partial charge in [-0.1, -0.05) is 0 Å². The van der Waals surface area contributed by atoms with Crippen molar-refractivity contribution in [1.82, 2.24) is 14.5 Å². The average molecular weight is 308 g/mol. The van der Waals surface area contributed by atoms with Gasteiger partial charge in [0.05, 0.1) is 18.3 Å². The van der Waals surface area contributed by atoms with Crippen molar-refractivity contribution in [2.75, 3.05) is 5.88 Å². The van der Waals surface area contributed by atoms with Crippen LogP contribution >= 0.6 is 11.6 Å². The highest BCUT2D eigenvalue weighted by Gasteiger charge is 2.13. The Morgan fingerprint density at radius 3 is 2.86 bits per heavy atom. The van der Waals surface area contributed by atoms with Crippen molar-refractivity contribution in [3.8, 4) is 0 Å². The van der Waals surface area contributed by atoms with Crippen molar-refractivity contribution in [2.24, 2.45) is 0 Å². The molecule has 21 heavy (non-hydrogen) atoms. The highest BCUT2D eigenvalue weighted by molar-refractivity contribution is 6.17. The van der Waals surface area contributed by atoms with E-state index in [9.17, 15) is 8.78 Å². The number of alkyl halides is 1. The number of hydrogen-bond acceptors (Lipinski definition) is 2. The quantitative estimate of drug-likeness (QED) is 0.690. The van der Waals surface area contributed by atoms with Crippen molar-refractivity contribution >= 4 is 22.6 Å². The van der Waals surface area contributed by atoms with Gasteiger partial charge in [-0.05, 0) is 24.3 Å². The van der Waals surface area contributed by atoms with Crippen molar-refractivity contribution in [3.63, 3.8) is 0 Å². The second kappa shape index (κ2) is 5.77. The van der Waals surface area contributed by atoms with E-state index in [0.717, 1.165) is 29.0 Å². The minimum absolute atomic E-state index is 0.205. The minimum Gasteiger partial charge on any atom is -0.323 e. The van der Waals surface area contributed by atoms with Gasteiger partial charge in [-0.15, -0.1) is 11.6 Å². The Hall–Kier alpha value is -2.01. The minimum atomic E-state index is -0.462. The molecule has 0 aliphatic carbocycles. The Labute approximate surface area is 125 Å². The zero-order valence-corrected chi connectivity index (χ0v) is 11.8. The molecular weight excluding hydrogens is 296 g/mol. The Morgan fingerprint density at radius 1 is 1.19 bits per heavy atom. The topological polar surface area (TPSA) is 30.7 Å². The third-order valence-electron chi connectivity index (χ3n) is 3.28. The molecular formula is C15H12ClF2N3. The van der Waals surface area contributed by atoms with Crippen LogP contribution in [0.1, 0.15) is 11.4 Å². The first-order chi connectivity index (χ1) is 10.2. The predicted molar refractivity (Wildman–Crippen MR) is 77.4 cm³/mol. The zero-order chi connectivity index (χ0) is 14.8. The summed E-state index contributed by atoms with van der Waals surface area (Å²) in [5, 5.41) is 0. The van der Waals surface area contributed by atoms with Crippen molar-refractivity contribution in [1.29, 1.82) is 0 Å². The third kappa shape index (κ3) is 2.74. The zero-order valence-electron chi connectivity index (χ0n) is 11.1. The number of nitrogens with zero attached hydrogens (tertiary/aromatic N) is 3. The maximum atomic E-state index is 13.8. The number of aromatic nitrogens is 3. The third-order valence-corrected chi connectivity index (χ3v) is 3.47. The summed E-state index contributed by atoms with van der Waals surface area (Å²) < 4.78 is 29.0. The normalized spacial score (nSPS) is 11.2. The van der Waals surface area contributed by atoms with Gasteiger partial charge in [-0.2, -0.15) is 0 Å². The molecule has 3 rings (SSSR count). The predicted octanol–water partition coefficient (Wildman–Crippen LogP) is 3.54. The van der Waals surface area contributed by atoms with Crippen LogP contribution in [0.25, 0.3) is 11.0 Å². The molecule has 0 radical (unpaired) electrons. The van der Waals surface area contributed by atoms with Gasteiger partial charge in [0, 0.05) is 24.1 Å². The van der Waals surface area contributed by atoms with Gasteiger partial charge in [0.15, 0.2) is 0 Å². The van der Waals surface area contributed by atoms with E-state index in [-0.39, 0.29) is 12.1 Å². The first-order valence-electron chi connectivity index (χ1n) is 6.48. The number of fused-ring (bicyclic) bond motifs is 1. The van der Waals surface area contributed by atoms with E-state index in [4.69, 9.17) is 11.6 Å². The van der Waals surface area contributed by atoms with E-state index in [1.54, 1.807) is 18.5 Å². The summed E-state index contributed by atoms with van der Waals surface area (Å²) in [7, 11) is 0. The van der Waals surface area contributed by atoms with Crippen LogP contribution in [0.2, 0.25) is 0 Å². The van der Waals surface area contributed by atoms with E-state index < -0.39 is 11.6 Å². The van der Waals surface area contributed by atoms with E-state index in [2.05, 4.69) is 9.97 Å². The molecule has 108 valence electrons. The Kier molecular flexibility index (Phi) is 3.84. The smallest absolute Gasteiger partial charge is 0.128 e. The fourth-order valence-electron chi connectivity index (χ4n) is 2.32. The molecule has 0 spiro atoms. The molecule has 0 aliphatic rings. The number of halogens is 3. The molecule has 0 atom stereocenters. The van der Waals surface area contributed by atoms with E-state index >= 15 is 0 Å². The largest absolute Gasteiger partial charge is 0.323 e. The van der Waals surface area contributed by atoms with Crippen LogP contribution in [0.15, 0.2) is 36.7 Å². The molecule has 0 N–H and O–H groups in total. The Balaban J connectivity index is 2.10. The lowest BCUT2D eigenvalue weighted by atomic mass is 10.2. The standard InChI is InChI=1S/C15H12ClF2N3/c16-5-3-15-20-13-8-19-6-4-14(13)21(15)9-10-7-11(17)1-2-12(10)18/h1-2,4,6-8H,3,5,9H2. The summed E-state index contributed by atoms with van der Waals surface area (Å²) in [4.78, 5) is 8.47. The fraction of sp³-hybridized carbons (Fsp3) is 0.200. The molecule has 0 fully saturated rings. The average Bonchev–Trinajstić information content (AvgIpc) is 2.81. The summed E-state index contributed by atoms with van der Waals surface area (Å²) in [6, 6.07) is 5.24. The lowest BCUT2D eigenvalue weighted by Gasteiger charge is -2.09. The van der Waals surface area contributed by atoms with E-state index in [1.807, 2.05) is 4.57 Å². The number of aryl methyl sites for hydroxylation is 1. The molecule has 0 bridgehead atoms. The monoisotopic (exact) mass is 307 g/mol. The molecule has 2 aromatic heterocycles. The highest BCUT2D eigenvalue weighted by Crippen LogP contribution is 2.19. The van der Waals surface area contributed by atoms with Crippen LogP contribution in [0.3, 0.4) is 0 Å². The number of pyridine rings is 1. The number of rotatable bonds is 4. The molecule has 3 nitrogen and oxygen atoms in total. The van der Waals surface area contributed by atoms with Crippen molar-refractivity contribution < 1.29 is 8.78 Å². The summed E-state index contributed by atoms with van der Waals surface area (Å²) in [5.74, 6) is 0.236. The number of benzene rings is 1. The lowest BCUT2D eigenvalue weighted by Crippen LogP contribution is -2.07. The molecule has 1 aromatic carbocycles. The summed E-state index contributed by atoms with van der Waals surface area (Å²) in [6.45, 7) is 0.205. The maximum Gasteiger partial charge on any atom is 0.128 e. The molecule has 3 aromatic rings. The van der Waals surface area contributed by atoms with Crippen molar-refractivity contribution in [3.05, 3.63) is 59.7 Å². The Morgan fingerprint density at radius 2 is 2.05 bits per heavy atom. The van der Waals surface area contributed by atoms with Crippen LogP contribution in [-0.4, -0.2) is 20.4 Å². The molecule has 0 amide bonds. The SMILES string of the molecule is Fc1ccc(F)c(Cn2c(CCCl)nc3cnccc32)c1. The molecule has 6 heteroatoms. The molecule has 0 saturated heterocycles. The Bertz CT molecular complexity index is 786. The first-order valence-corrected chi connectivity index (χ1v) is 7.01. The maximum absolute atomic E-state index is 13.8. The fourth-order valence-corrected chi connectivity index (χ4v) is 2.49. The number of imidazole rings is 1. The second-order valence-corrected chi connectivity index (χ2v) is 5.03. The van der Waals surface area contributed by atoms with Gasteiger partial charge in [-0.25, -0.2) is 13.8 Å². The van der Waals surface area contributed by atoms with Gasteiger partial charge in [0.1, 0.15) is 23.0 Å². The summed E-state index contributed by atoms with van der Waals surface area (Å²) >= 11 is 5.79. The molecule has 2 heterocycles. The first kappa shape index (κ1) is 13.9. The van der Waals surface area contributed by atoms with E-state index in [1.165, 1.54) is 6.07 Å². The molecule has 0 saturated carbocycles. The van der Waals surface area contributed by atoms with Gasteiger partial charge in [0.25, 0.3) is 0 Å². The number of hydrogen-bond donors (Lipinski definition) is 0. The molecule has 0 aliphatic heterocycles. The second-order valence-electron chi connectivity index (χ2n) is 4.65. The van der Waals surface area contributed by atoms with Crippen LogP contribution in [0, 0.1) is 11.6 Å². The van der Waals surface area contributed by atoms with E-state index in [0.29, 0.717) is 12.3 Å². The van der Waals surface area contributed by atoms with Crippen molar-refractivity contribution in [2.45, 2.75) is 13.0 Å².